The molecule has 1 aromatic heterocycles. The van der Waals surface area contributed by atoms with E-state index in [0.717, 1.165) is 35.2 Å². The van der Waals surface area contributed by atoms with Gasteiger partial charge < -0.3 is 14.7 Å². The van der Waals surface area contributed by atoms with Crippen LogP contribution in [0.25, 0.3) is 10.2 Å². The Morgan fingerprint density at radius 1 is 1.28 bits per heavy atom. The van der Waals surface area contributed by atoms with E-state index in [1.807, 2.05) is 0 Å². The minimum absolute atomic E-state index is 0.0208. The summed E-state index contributed by atoms with van der Waals surface area (Å²) in [5, 5.41) is 8.69. The van der Waals surface area contributed by atoms with E-state index in [2.05, 4.69) is 4.98 Å². The van der Waals surface area contributed by atoms with Gasteiger partial charge in [0.05, 0.1) is 35.7 Å². The summed E-state index contributed by atoms with van der Waals surface area (Å²) in [7, 11) is 1.51. The summed E-state index contributed by atoms with van der Waals surface area (Å²) in [4.78, 5) is 30.4. The number of aliphatic carboxylic acids is 1. The van der Waals surface area contributed by atoms with Crippen molar-refractivity contribution in [3.05, 3.63) is 47.0 Å². The van der Waals surface area contributed by atoms with Gasteiger partial charge in [-0.2, -0.15) is 0 Å². The van der Waals surface area contributed by atoms with Crippen LogP contribution in [0.5, 0.6) is 5.75 Å². The van der Waals surface area contributed by atoms with Crippen molar-refractivity contribution in [2.24, 2.45) is 0 Å². The van der Waals surface area contributed by atoms with Crippen LogP contribution in [0.15, 0.2) is 35.2 Å². The Balaban J connectivity index is 1.75. The topological polar surface area (TPSA) is 79.7 Å². The Morgan fingerprint density at radius 3 is 2.72 bits per heavy atom. The summed E-state index contributed by atoms with van der Waals surface area (Å²) in [6.07, 6.45) is -0.347. The van der Waals surface area contributed by atoms with Crippen molar-refractivity contribution in [2.45, 2.75) is 23.1 Å². The summed E-state index contributed by atoms with van der Waals surface area (Å²) >= 11 is 2.12. The molecule has 1 N–H and O–H groups in total. The van der Waals surface area contributed by atoms with E-state index in [1.54, 1.807) is 18.2 Å². The molecule has 1 aliphatic heterocycles. The number of hydrogen-bond donors (Lipinski definition) is 1. The molecule has 0 radical (unpaired) electrons. The number of hydrogen-bond acceptors (Lipinski definition) is 6. The molecule has 1 aliphatic rings. The number of amides is 1. The van der Waals surface area contributed by atoms with E-state index >= 15 is 0 Å². The SMILES string of the molecule is COc1ccc2c(c1)SC(CC(=O)O)C(=O)N2Cc1nc2c(F)ccc(F)c2s1. The second-order valence-electron chi connectivity index (χ2n) is 6.28. The smallest absolute Gasteiger partial charge is 0.305 e. The zero-order valence-electron chi connectivity index (χ0n) is 15.0. The van der Waals surface area contributed by atoms with E-state index in [0.29, 0.717) is 21.3 Å². The molecule has 0 saturated heterocycles. The van der Waals surface area contributed by atoms with Crippen molar-refractivity contribution in [1.82, 2.24) is 4.98 Å². The number of thiazole rings is 1. The lowest BCUT2D eigenvalue weighted by Crippen LogP contribution is -2.41. The number of rotatable bonds is 5. The molecular weight excluding hydrogens is 422 g/mol. The molecule has 0 saturated carbocycles. The third-order valence-corrected chi connectivity index (χ3v) is 6.69. The lowest BCUT2D eigenvalue weighted by molar-refractivity contribution is -0.138. The molecule has 4 rings (SSSR count). The first-order chi connectivity index (χ1) is 13.9. The lowest BCUT2D eigenvalue weighted by Gasteiger charge is -2.32. The summed E-state index contributed by atoms with van der Waals surface area (Å²) in [6.45, 7) is -0.0208. The molecule has 1 unspecified atom stereocenters. The predicted molar refractivity (Wildman–Crippen MR) is 106 cm³/mol. The third-order valence-electron chi connectivity index (χ3n) is 4.41. The molecule has 150 valence electrons. The van der Waals surface area contributed by atoms with Gasteiger partial charge in [-0.3, -0.25) is 9.59 Å². The van der Waals surface area contributed by atoms with E-state index in [4.69, 9.17) is 9.84 Å². The van der Waals surface area contributed by atoms with Gasteiger partial charge >= 0.3 is 5.97 Å². The van der Waals surface area contributed by atoms with E-state index in [-0.39, 0.29) is 23.2 Å². The minimum Gasteiger partial charge on any atom is -0.497 e. The molecule has 1 amide bonds. The molecule has 2 heterocycles. The highest BCUT2D eigenvalue weighted by atomic mass is 32.2. The number of carboxylic acid groups (broad SMARTS) is 1. The maximum Gasteiger partial charge on any atom is 0.305 e. The molecule has 2 aromatic carbocycles. The van der Waals surface area contributed by atoms with E-state index < -0.39 is 28.8 Å². The number of nitrogens with zero attached hydrogens (tertiary/aromatic N) is 2. The Labute approximate surface area is 172 Å². The van der Waals surface area contributed by atoms with E-state index in [1.165, 1.54) is 12.0 Å². The van der Waals surface area contributed by atoms with Crippen molar-refractivity contribution in [2.75, 3.05) is 12.0 Å². The van der Waals surface area contributed by atoms with Crippen LogP contribution in [0.1, 0.15) is 11.4 Å². The molecular formula is C19H14F2N2O4S2. The van der Waals surface area contributed by atoms with Gasteiger partial charge in [-0.05, 0) is 30.3 Å². The highest BCUT2D eigenvalue weighted by Crippen LogP contribution is 2.43. The molecule has 1 atom stereocenters. The van der Waals surface area contributed by atoms with Crippen molar-refractivity contribution >= 4 is 50.9 Å². The monoisotopic (exact) mass is 436 g/mol. The van der Waals surface area contributed by atoms with Crippen LogP contribution >= 0.6 is 23.1 Å². The highest BCUT2D eigenvalue weighted by molar-refractivity contribution is 8.01. The maximum absolute atomic E-state index is 14.0. The number of methoxy groups -OCH3 is 1. The van der Waals surface area contributed by atoms with Gasteiger partial charge in [0.1, 0.15) is 22.1 Å². The number of fused-ring (bicyclic) bond motifs is 2. The van der Waals surface area contributed by atoms with Gasteiger partial charge in [0, 0.05) is 4.90 Å². The standard InChI is InChI=1S/C19H14F2N2O4S2/c1-27-9-2-5-12-13(6-9)28-14(7-16(24)25)19(26)23(12)8-15-22-17-10(20)3-4-11(21)18(17)29-15/h2-6,14H,7-8H2,1H3,(H,24,25). The fourth-order valence-corrected chi connectivity index (χ4v) is 5.29. The first kappa shape index (κ1) is 19.6. The Kier molecular flexibility index (Phi) is 5.13. The van der Waals surface area contributed by atoms with Gasteiger partial charge in [0.25, 0.3) is 0 Å². The minimum atomic E-state index is -1.09. The summed E-state index contributed by atoms with van der Waals surface area (Å²) in [5.74, 6) is -2.14. The van der Waals surface area contributed by atoms with Crippen molar-refractivity contribution in [3.63, 3.8) is 0 Å². The molecule has 3 aromatic rings. The number of carbonyl (C=O) groups excluding carboxylic acids is 1. The average molecular weight is 436 g/mol. The number of benzene rings is 2. The fourth-order valence-electron chi connectivity index (χ4n) is 3.08. The molecule has 0 aliphatic carbocycles. The lowest BCUT2D eigenvalue weighted by atomic mass is 10.2. The van der Waals surface area contributed by atoms with Gasteiger partial charge in [0.15, 0.2) is 5.82 Å². The summed E-state index contributed by atoms with van der Waals surface area (Å²) in [6, 6.07) is 7.16. The van der Waals surface area contributed by atoms with Crippen molar-refractivity contribution in [1.29, 1.82) is 0 Å². The third kappa shape index (κ3) is 3.65. The van der Waals surface area contributed by atoms with E-state index in [9.17, 15) is 18.4 Å². The number of halogens is 2. The Morgan fingerprint density at radius 2 is 2.03 bits per heavy atom. The van der Waals surface area contributed by atoms with Crippen molar-refractivity contribution < 1.29 is 28.2 Å². The maximum atomic E-state index is 14.0. The number of aromatic nitrogens is 1. The Bertz CT molecular complexity index is 1100. The molecule has 29 heavy (non-hydrogen) atoms. The highest BCUT2D eigenvalue weighted by Gasteiger charge is 2.35. The first-order valence-corrected chi connectivity index (χ1v) is 10.2. The summed E-state index contributed by atoms with van der Waals surface area (Å²) in [5.41, 5.74) is 0.489. The molecule has 0 spiro atoms. The quantitative estimate of drug-likeness (QED) is 0.650. The van der Waals surface area contributed by atoms with Crippen LogP contribution in [0.4, 0.5) is 14.5 Å². The van der Waals surface area contributed by atoms with Gasteiger partial charge in [-0.1, -0.05) is 0 Å². The number of ether oxygens (including phenoxy) is 1. The predicted octanol–water partition coefficient (Wildman–Crippen LogP) is 4.07. The fraction of sp³-hybridized carbons (Fsp3) is 0.211. The second kappa shape index (κ2) is 7.60. The van der Waals surface area contributed by atoms with Crippen LogP contribution in [0.3, 0.4) is 0 Å². The molecule has 10 heteroatoms. The number of thioether (sulfide) groups is 1. The zero-order valence-corrected chi connectivity index (χ0v) is 16.7. The molecule has 6 nitrogen and oxygen atoms in total. The molecule has 0 fully saturated rings. The summed E-state index contributed by atoms with van der Waals surface area (Å²) < 4.78 is 33.3. The molecule has 0 bridgehead atoms. The van der Waals surface area contributed by atoms with Gasteiger partial charge in [-0.25, -0.2) is 13.8 Å². The zero-order chi connectivity index (χ0) is 20.7. The van der Waals surface area contributed by atoms with Crippen LogP contribution in [-0.2, 0) is 16.1 Å². The van der Waals surface area contributed by atoms with Crippen LogP contribution < -0.4 is 9.64 Å². The average Bonchev–Trinajstić information content (AvgIpc) is 3.12. The first-order valence-electron chi connectivity index (χ1n) is 8.48. The second-order valence-corrected chi connectivity index (χ2v) is 8.61. The normalized spacial score (nSPS) is 16.2. The van der Waals surface area contributed by atoms with Gasteiger partial charge in [-0.15, -0.1) is 23.1 Å². The van der Waals surface area contributed by atoms with Crippen LogP contribution in [0.2, 0.25) is 0 Å². The number of carboxylic acids is 1. The van der Waals surface area contributed by atoms with Gasteiger partial charge in [0.2, 0.25) is 5.91 Å². The Hall–Kier alpha value is -2.72. The van der Waals surface area contributed by atoms with Crippen LogP contribution in [-0.4, -0.2) is 34.3 Å². The number of anilines is 1. The van der Waals surface area contributed by atoms with Crippen molar-refractivity contribution in [3.8, 4) is 5.75 Å². The largest absolute Gasteiger partial charge is 0.497 e. The van der Waals surface area contributed by atoms with Crippen LogP contribution in [0, 0.1) is 11.6 Å². The number of carbonyl (C=O) groups is 2.